The largest absolute Gasteiger partial charge is 0.493 e. The van der Waals surface area contributed by atoms with E-state index in [0.717, 1.165) is 11.1 Å². The fourth-order valence-corrected chi connectivity index (χ4v) is 2.36. The standard InChI is InChI=1S/C16H15Cl2N3O2S/c1-22-15-6-10(8-20-21-16(19)24)2-5-14(15)23-9-11-3-4-12(17)7-13(11)18/h2-8H,9H2,1H3,(H3,19,21,24)/b20-8-. The van der Waals surface area contributed by atoms with Crippen molar-refractivity contribution in [2.24, 2.45) is 10.8 Å². The molecule has 0 atom stereocenters. The van der Waals surface area contributed by atoms with Gasteiger partial charge in [0.1, 0.15) is 6.61 Å². The molecule has 0 heterocycles. The third-order valence-electron chi connectivity index (χ3n) is 2.97. The maximum Gasteiger partial charge on any atom is 0.184 e. The van der Waals surface area contributed by atoms with Crippen molar-refractivity contribution >= 4 is 46.7 Å². The Kier molecular flexibility index (Phi) is 6.66. The van der Waals surface area contributed by atoms with E-state index in [1.54, 1.807) is 37.6 Å². The summed E-state index contributed by atoms with van der Waals surface area (Å²) in [6.07, 6.45) is 1.57. The summed E-state index contributed by atoms with van der Waals surface area (Å²) in [6.45, 7) is 0.294. The molecule has 0 aliphatic carbocycles. The Labute approximate surface area is 155 Å². The highest BCUT2D eigenvalue weighted by Crippen LogP contribution is 2.29. The van der Waals surface area contributed by atoms with E-state index >= 15 is 0 Å². The van der Waals surface area contributed by atoms with Crippen LogP contribution in [0.4, 0.5) is 0 Å². The number of rotatable bonds is 6. The molecule has 2 aromatic rings. The number of thiocarbonyl (C=S) groups is 1. The monoisotopic (exact) mass is 383 g/mol. The van der Waals surface area contributed by atoms with Crippen LogP contribution in [-0.4, -0.2) is 18.4 Å². The summed E-state index contributed by atoms with van der Waals surface area (Å²) in [5.41, 5.74) is 9.41. The lowest BCUT2D eigenvalue weighted by Crippen LogP contribution is -2.23. The molecule has 24 heavy (non-hydrogen) atoms. The minimum absolute atomic E-state index is 0.0954. The predicted molar refractivity (Wildman–Crippen MR) is 101 cm³/mol. The van der Waals surface area contributed by atoms with Crippen molar-refractivity contribution in [1.82, 2.24) is 5.43 Å². The molecular weight excluding hydrogens is 369 g/mol. The van der Waals surface area contributed by atoms with Gasteiger partial charge in [0.25, 0.3) is 0 Å². The molecule has 0 unspecified atom stereocenters. The maximum absolute atomic E-state index is 6.14. The molecule has 0 radical (unpaired) electrons. The smallest absolute Gasteiger partial charge is 0.184 e. The fourth-order valence-electron chi connectivity index (χ4n) is 1.85. The van der Waals surface area contributed by atoms with Gasteiger partial charge in [-0.05, 0) is 48.1 Å². The Bertz CT molecular complexity index is 769. The summed E-state index contributed by atoms with van der Waals surface area (Å²) in [6, 6.07) is 10.6. The Morgan fingerprint density at radius 1 is 1.25 bits per heavy atom. The number of hydrazone groups is 1. The normalized spacial score (nSPS) is 10.6. The first-order valence-electron chi connectivity index (χ1n) is 6.83. The second-order valence-corrected chi connectivity index (χ2v) is 5.95. The lowest BCUT2D eigenvalue weighted by molar-refractivity contribution is 0.284. The number of halogens is 2. The lowest BCUT2D eigenvalue weighted by atomic mass is 10.2. The molecule has 0 aromatic heterocycles. The van der Waals surface area contributed by atoms with Crippen molar-refractivity contribution in [3.63, 3.8) is 0 Å². The first-order valence-corrected chi connectivity index (χ1v) is 7.99. The molecule has 126 valence electrons. The van der Waals surface area contributed by atoms with Gasteiger partial charge < -0.3 is 15.2 Å². The second kappa shape index (κ2) is 8.73. The van der Waals surface area contributed by atoms with E-state index in [2.05, 4.69) is 22.7 Å². The Balaban J connectivity index is 2.09. The van der Waals surface area contributed by atoms with Crippen LogP contribution < -0.4 is 20.6 Å². The average Bonchev–Trinajstić information content (AvgIpc) is 2.54. The van der Waals surface area contributed by atoms with E-state index in [9.17, 15) is 0 Å². The number of benzene rings is 2. The first kappa shape index (κ1) is 18.3. The topological polar surface area (TPSA) is 68.9 Å². The number of nitrogens with two attached hydrogens (primary N) is 1. The zero-order valence-corrected chi connectivity index (χ0v) is 15.1. The maximum atomic E-state index is 6.14. The van der Waals surface area contributed by atoms with Crippen LogP contribution in [0.1, 0.15) is 11.1 Å². The quantitative estimate of drug-likeness (QED) is 0.451. The van der Waals surface area contributed by atoms with Crippen molar-refractivity contribution < 1.29 is 9.47 Å². The molecule has 0 spiro atoms. The molecule has 0 saturated heterocycles. The van der Waals surface area contributed by atoms with Gasteiger partial charge in [-0.2, -0.15) is 5.10 Å². The van der Waals surface area contributed by atoms with Gasteiger partial charge in [-0.15, -0.1) is 0 Å². The van der Waals surface area contributed by atoms with Crippen LogP contribution in [0.5, 0.6) is 11.5 Å². The number of ether oxygens (including phenoxy) is 2. The Morgan fingerprint density at radius 3 is 2.71 bits per heavy atom. The van der Waals surface area contributed by atoms with Gasteiger partial charge in [0.2, 0.25) is 0 Å². The minimum Gasteiger partial charge on any atom is -0.493 e. The fraction of sp³-hybridized carbons (Fsp3) is 0.125. The zero-order chi connectivity index (χ0) is 17.5. The summed E-state index contributed by atoms with van der Waals surface area (Å²) < 4.78 is 11.1. The predicted octanol–water partition coefficient (Wildman–Crippen LogP) is 3.75. The van der Waals surface area contributed by atoms with Crippen LogP contribution >= 0.6 is 35.4 Å². The van der Waals surface area contributed by atoms with Gasteiger partial charge in [0.15, 0.2) is 16.6 Å². The molecule has 8 heteroatoms. The summed E-state index contributed by atoms with van der Waals surface area (Å²) in [7, 11) is 1.56. The van der Waals surface area contributed by atoms with Crippen molar-refractivity contribution in [1.29, 1.82) is 0 Å². The van der Waals surface area contributed by atoms with Gasteiger partial charge in [0, 0.05) is 15.6 Å². The third-order valence-corrected chi connectivity index (χ3v) is 3.65. The number of hydrogen-bond donors (Lipinski definition) is 2. The molecule has 0 aliphatic heterocycles. The van der Waals surface area contributed by atoms with E-state index in [1.807, 2.05) is 12.1 Å². The number of hydrogen-bond acceptors (Lipinski definition) is 4. The molecule has 0 fully saturated rings. The molecule has 0 saturated carbocycles. The Morgan fingerprint density at radius 2 is 2.04 bits per heavy atom. The van der Waals surface area contributed by atoms with E-state index in [-0.39, 0.29) is 5.11 Å². The first-order chi connectivity index (χ1) is 11.5. The van der Waals surface area contributed by atoms with E-state index in [0.29, 0.717) is 28.2 Å². The zero-order valence-electron chi connectivity index (χ0n) is 12.8. The molecule has 2 rings (SSSR count). The highest BCUT2D eigenvalue weighted by molar-refractivity contribution is 7.80. The van der Waals surface area contributed by atoms with Crippen LogP contribution in [0, 0.1) is 0 Å². The SMILES string of the molecule is COc1cc(/C=N\NC(N)=S)ccc1OCc1ccc(Cl)cc1Cl. The molecule has 2 aromatic carbocycles. The van der Waals surface area contributed by atoms with Crippen LogP contribution in [0.25, 0.3) is 0 Å². The van der Waals surface area contributed by atoms with Gasteiger partial charge in [-0.1, -0.05) is 29.3 Å². The van der Waals surface area contributed by atoms with Crippen LogP contribution in [0.3, 0.4) is 0 Å². The summed E-state index contributed by atoms with van der Waals surface area (Å²) in [5, 5.41) is 5.12. The Hall–Kier alpha value is -2.02. The summed E-state index contributed by atoms with van der Waals surface area (Å²) in [5.74, 6) is 1.15. The van der Waals surface area contributed by atoms with Crippen LogP contribution in [-0.2, 0) is 6.61 Å². The molecule has 0 aliphatic rings. The van der Waals surface area contributed by atoms with Crippen LogP contribution in [0.15, 0.2) is 41.5 Å². The van der Waals surface area contributed by atoms with E-state index in [4.69, 9.17) is 38.4 Å². The summed E-state index contributed by atoms with van der Waals surface area (Å²) in [4.78, 5) is 0. The lowest BCUT2D eigenvalue weighted by Gasteiger charge is -2.12. The van der Waals surface area contributed by atoms with Crippen molar-refractivity contribution in [2.45, 2.75) is 6.61 Å². The minimum atomic E-state index is 0.0954. The van der Waals surface area contributed by atoms with Crippen molar-refractivity contribution in [3.8, 4) is 11.5 Å². The summed E-state index contributed by atoms with van der Waals surface area (Å²) >= 11 is 16.7. The van der Waals surface area contributed by atoms with Gasteiger partial charge in [-0.3, -0.25) is 5.43 Å². The third kappa shape index (κ3) is 5.26. The van der Waals surface area contributed by atoms with E-state index in [1.165, 1.54) is 0 Å². The highest BCUT2D eigenvalue weighted by atomic mass is 35.5. The number of nitrogens with zero attached hydrogens (tertiary/aromatic N) is 1. The molecule has 3 N–H and O–H groups in total. The molecule has 0 amide bonds. The van der Waals surface area contributed by atoms with Crippen molar-refractivity contribution in [2.75, 3.05) is 7.11 Å². The van der Waals surface area contributed by atoms with E-state index < -0.39 is 0 Å². The second-order valence-electron chi connectivity index (χ2n) is 4.67. The van der Waals surface area contributed by atoms with Gasteiger partial charge in [-0.25, -0.2) is 0 Å². The highest BCUT2D eigenvalue weighted by Gasteiger charge is 2.07. The molecular formula is C16H15Cl2N3O2S. The van der Waals surface area contributed by atoms with Crippen molar-refractivity contribution in [3.05, 3.63) is 57.6 Å². The number of methoxy groups -OCH3 is 1. The van der Waals surface area contributed by atoms with Gasteiger partial charge in [0.05, 0.1) is 13.3 Å². The average molecular weight is 384 g/mol. The molecule has 5 nitrogen and oxygen atoms in total. The van der Waals surface area contributed by atoms with Crippen LogP contribution in [0.2, 0.25) is 10.0 Å². The molecule has 0 bridgehead atoms. The number of nitrogens with one attached hydrogen (secondary N) is 1. The van der Waals surface area contributed by atoms with Gasteiger partial charge >= 0.3 is 0 Å².